The van der Waals surface area contributed by atoms with Gasteiger partial charge in [-0.2, -0.15) is 0 Å². The van der Waals surface area contributed by atoms with Crippen molar-refractivity contribution in [3.05, 3.63) is 0 Å². The lowest BCUT2D eigenvalue weighted by atomic mass is 9.96. The lowest BCUT2D eigenvalue weighted by molar-refractivity contribution is -0.149. The summed E-state index contributed by atoms with van der Waals surface area (Å²) in [5.74, 6) is -1.67. The molecule has 0 aliphatic rings. The van der Waals surface area contributed by atoms with Crippen molar-refractivity contribution in [1.29, 1.82) is 0 Å². The summed E-state index contributed by atoms with van der Waals surface area (Å²) in [7, 11) is 1.44. The largest absolute Gasteiger partial charge is 0.480 e. The van der Waals surface area contributed by atoms with Crippen molar-refractivity contribution < 1.29 is 19.5 Å². The molecule has 0 saturated heterocycles. The SMILES string of the molecule is CCCC(C(=O)O)N(C)C(=O)CNC(=O)C(C)(C)C. The lowest BCUT2D eigenvalue weighted by Crippen LogP contribution is -2.48. The molecule has 0 heterocycles. The van der Waals surface area contributed by atoms with E-state index in [9.17, 15) is 14.4 Å². The normalized spacial score (nSPS) is 12.7. The number of amides is 2. The first kappa shape index (κ1) is 17.4. The predicted molar refractivity (Wildman–Crippen MR) is 71.6 cm³/mol. The van der Waals surface area contributed by atoms with Crippen LogP contribution in [0.1, 0.15) is 40.5 Å². The predicted octanol–water partition coefficient (Wildman–Crippen LogP) is 0.860. The topological polar surface area (TPSA) is 86.7 Å². The van der Waals surface area contributed by atoms with Gasteiger partial charge in [0, 0.05) is 12.5 Å². The summed E-state index contributed by atoms with van der Waals surface area (Å²) in [6.07, 6.45) is 1.06. The molecule has 0 radical (unpaired) electrons. The monoisotopic (exact) mass is 272 g/mol. The number of carboxylic acids is 1. The molecule has 6 nitrogen and oxygen atoms in total. The zero-order valence-electron chi connectivity index (χ0n) is 12.3. The molecule has 0 bridgehead atoms. The fourth-order valence-corrected chi connectivity index (χ4v) is 1.48. The van der Waals surface area contributed by atoms with Crippen LogP contribution in [0.15, 0.2) is 0 Å². The molecule has 0 aliphatic carbocycles. The molecule has 1 atom stereocenters. The van der Waals surface area contributed by atoms with Crippen LogP contribution in [0.25, 0.3) is 0 Å². The van der Waals surface area contributed by atoms with E-state index >= 15 is 0 Å². The highest BCUT2D eigenvalue weighted by Crippen LogP contribution is 2.12. The van der Waals surface area contributed by atoms with Crippen molar-refractivity contribution in [2.75, 3.05) is 13.6 Å². The van der Waals surface area contributed by atoms with Gasteiger partial charge in [0.25, 0.3) is 0 Å². The standard InChI is InChI=1S/C13H24N2O4/c1-6-7-9(11(17)18)15(5)10(16)8-14-12(19)13(2,3)4/h9H,6-8H2,1-5H3,(H,14,19)(H,17,18). The molecule has 0 spiro atoms. The lowest BCUT2D eigenvalue weighted by Gasteiger charge is -2.25. The summed E-state index contributed by atoms with van der Waals surface area (Å²) >= 11 is 0. The number of hydrogen-bond donors (Lipinski definition) is 2. The van der Waals surface area contributed by atoms with E-state index in [0.717, 1.165) is 0 Å². The molecular weight excluding hydrogens is 248 g/mol. The highest BCUT2D eigenvalue weighted by Gasteiger charge is 2.27. The molecule has 19 heavy (non-hydrogen) atoms. The summed E-state index contributed by atoms with van der Waals surface area (Å²) in [6.45, 7) is 6.91. The van der Waals surface area contributed by atoms with Crippen molar-refractivity contribution in [1.82, 2.24) is 10.2 Å². The Morgan fingerprint density at radius 1 is 1.26 bits per heavy atom. The Kier molecular flexibility index (Phi) is 6.52. The molecule has 0 aromatic rings. The molecule has 0 aromatic carbocycles. The Hall–Kier alpha value is -1.59. The Labute approximate surface area is 114 Å². The maximum Gasteiger partial charge on any atom is 0.326 e. The zero-order valence-corrected chi connectivity index (χ0v) is 12.3. The van der Waals surface area contributed by atoms with E-state index in [-0.39, 0.29) is 12.5 Å². The van der Waals surface area contributed by atoms with Crippen LogP contribution in [-0.2, 0) is 14.4 Å². The van der Waals surface area contributed by atoms with Crippen LogP contribution in [0.2, 0.25) is 0 Å². The van der Waals surface area contributed by atoms with Gasteiger partial charge in [0.15, 0.2) is 0 Å². The van der Waals surface area contributed by atoms with Crippen molar-refractivity contribution in [3.8, 4) is 0 Å². The molecule has 0 fully saturated rings. The van der Waals surface area contributed by atoms with Gasteiger partial charge in [-0.25, -0.2) is 4.79 Å². The van der Waals surface area contributed by atoms with Gasteiger partial charge in [0.05, 0.1) is 6.54 Å². The average Bonchev–Trinajstić information content (AvgIpc) is 2.29. The first-order chi connectivity index (χ1) is 8.61. The molecule has 2 N–H and O–H groups in total. The molecule has 2 amide bonds. The van der Waals surface area contributed by atoms with E-state index in [1.807, 2.05) is 6.92 Å². The second-order valence-corrected chi connectivity index (χ2v) is 5.58. The smallest absolute Gasteiger partial charge is 0.326 e. The van der Waals surface area contributed by atoms with Gasteiger partial charge < -0.3 is 15.3 Å². The quantitative estimate of drug-likeness (QED) is 0.751. The fraction of sp³-hybridized carbons (Fsp3) is 0.769. The average molecular weight is 272 g/mol. The zero-order chi connectivity index (χ0) is 15.2. The Balaban J connectivity index is 4.49. The molecule has 0 aliphatic heterocycles. The van der Waals surface area contributed by atoms with Crippen LogP contribution >= 0.6 is 0 Å². The number of carbonyl (C=O) groups is 3. The van der Waals surface area contributed by atoms with E-state index in [1.54, 1.807) is 20.8 Å². The maximum atomic E-state index is 11.8. The maximum absolute atomic E-state index is 11.8. The van der Waals surface area contributed by atoms with Crippen LogP contribution in [0, 0.1) is 5.41 Å². The van der Waals surface area contributed by atoms with Gasteiger partial charge in [0.2, 0.25) is 11.8 Å². The van der Waals surface area contributed by atoms with E-state index in [0.29, 0.717) is 12.8 Å². The van der Waals surface area contributed by atoms with Crippen LogP contribution < -0.4 is 5.32 Å². The molecular formula is C13H24N2O4. The number of carbonyl (C=O) groups excluding carboxylic acids is 2. The second kappa shape index (κ2) is 7.11. The number of rotatable bonds is 6. The van der Waals surface area contributed by atoms with Crippen LogP contribution in [-0.4, -0.2) is 47.4 Å². The minimum atomic E-state index is -1.03. The highest BCUT2D eigenvalue weighted by molar-refractivity contribution is 5.89. The fourth-order valence-electron chi connectivity index (χ4n) is 1.48. The molecule has 0 saturated carbocycles. The number of nitrogens with zero attached hydrogens (tertiary/aromatic N) is 1. The first-order valence-corrected chi connectivity index (χ1v) is 6.38. The summed E-state index contributed by atoms with van der Waals surface area (Å²) < 4.78 is 0. The Bertz CT molecular complexity index is 347. The third kappa shape index (κ3) is 5.72. The van der Waals surface area contributed by atoms with Gasteiger partial charge in [0.1, 0.15) is 6.04 Å². The van der Waals surface area contributed by atoms with Crippen LogP contribution in [0.5, 0.6) is 0 Å². The van der Waals surface area contributed by atoms with Crippen molar-refractivity contribution in [2.45, 2.75) is 46.6 Å². The van der Waals surface area contributed by atoms with Crippen molar-refractivity contribution in [2.24, 2.45) is 5.41 Å². The summed E-state index contributed by atoms with van der Waals surface area (Å²) in [4.78, 5) is 35.7. The summed E-state index contributed by atoms with van der Waals surface area (Å²) in [6, 6.07) is -0.843. The highest BCUT2D eigenvalue weighted by atomic mass is 16.4. The van der Waals surface area contributed by atoms with Gasteiger partial charge in [-0.1, -0.05) is 34.1 Å². The van der Waals surface area contributed by atoms with Gasteiger partial charge in [-0.3, -0.25) is 9.59 Å². The van der Waals surface area contributed by atoms with Gasteiger partial charge in [-0.05, 0) is 6.42 Å². The molecule has 0 aromatic heterocycles. The van der Waals surface area contributed by atoms with Crippen LogP contribution in [0.3, 0.4) is 0 Å². The van der Waals surface area contributed by atoms with E-state index < -0.39 is 23.3 Å². The number of nitrogens with one attached hydrogen (secondary N) is 1. The van der Waals surface area contributed by atoms with Gasteiger partial charge in [-0.15, -0.1) is 0 Å². The van der Waals surface area contributed by atoms with Crippen LogP contribution in [0.4, 0.5) is 0 Å². The second-order valence-electron chi connectivity index (χ2n) is 5.58. The minimum Gasteiger partial charge on any atom is -0.480 e. The third-order valence-corrected chi connectivity index (χ3v) is 2.79. The molecule has 1 unspecified atom stereocenters. The number of aliphatic carboxylic acids is 1. The third-order valence-electron chi connectivity index (χ3n) is 2.79. The first-order valence-electron chi connectivity index (χ1n) is 6.38. The summed E-state index contributed by atoms with van der Waals surface area (Å²) in [5, 5.41) is 11.6. The molecule has 0 rings (SSSR count). The number of likely N-dealkylation sites (N-methyl/N-ethyl adjacent to an activating group) is 1. The Morgan fingerprint density at radius 2 is 1.79 bits per heavy atom. The van der Waals surface area contributed by atoms with E-state index in [1.165, 1.54) is 11.9 Å². The van der Waals surface area contributed by atoms with Crippen molar-refractivity contribution in [3.63, 3.8) is 0 Å². The van der Waals surface area contributed by atoms with E-state index in [2.05, 4.69) is 5.32 Å². The summed E-state index contributed by atoms with van der Waals surface area (Å²) in [5.41, 5.74) is -0.575. The number of carboxylic acid groups (broad SMARTS) is 1. The van der Waals surface area contributed by atoms with E-state index in [4.69, 9.17) is 5.11 Å². The minimum absolute atomic E-state index is 0.180. The number of hydrogen-bond acceptors (Lipinski definition) is 3. The molecule has 110 valence electrons. The van der Waals surface area contributed by atoms with Gasteiger partial charge >= 0.3 is 5.97 Å². The van der Waals surface area contributed by atoms with Crippen molar-refractivity contribution >= 4 is 17.8 Å². The molecule has 6 heteroatoms. The Morgan fingerprint density at radius 3 is 2.16 bits per heavy atom.